The van der Waals surface area contributed by atoms with E-state index in [1.54, 1.807) is 7.11 Å². The standard InChI is InChI=1S/C40H42O5/c1-5-7-13-27-19-23-29(24-20-27)37(41)44-35-36(45-38(42)30-25-21-28(22-26-30)14-8-6-2)40(43-4)33-17-11-9-15-31(33)39(35,3)32-16-10-12-18-34(32)40/h9-12,15-26,35-36H,5-8,13-14H2,1-4H3/t35-,36+,39-,40-/m1/s1. The Balaban J connectivity index is 1.43. The Labute approximate surface area is 266 Å². The van der Waals surface area contributed by atoms with Crippen molar-refractivity contribution in [3.63, 3.8) is 0 Å². The summed E-state index contributed by atoms with van der Waals surface area (Å²) in [5.41, 5.74) is 5.09. The lowest BCUT2D eigenvalue weighted by atomic mass is 9.51. The molecule has 2 bridgehead atoms. The lowest BCUT2D eigenvalue weighted by Crippen LogP contribution is -2.67. The molecular formula is C40H42O5. The summed E-state index contributed by atoms with van der Waals surface area (Å²) in [5.74, 6) is -0.940. The molecule has 0 saturated heterocycles. The molecule has 0 radical (unpaired) electrons. The van der Waals surface area contributed by atoms with E-state index in [0.29, 0.717) is 11.1 Å². The Morgan fingerprint density at radius 2 is 1.00 bits per heavy atom. The average Bonchev–Trinajstić information content (AvgIpc) is 3.08. The molecule has 0 spiro atoms. The first-order valence-electron chi connectivity index (χ1n) is 16.2. The van der Waals surface area contributed by atoms with Crippen molar-refractivity contribution in [2.75, 3.05) is 7.11 Å². The van der Waals surface area contributed by atoms with Gasteiger partial charge >= 0.3 is 11.9 Å². The van der Waals surface area contributed by atoms with Gasteiger partial charge in [0.15, 0.2) is 17.8 Å². The Kier molecular flexibility index (Phi) is 8.65. The van der Waals surface area contributed by atoms with E-state index in [2.05, 4.69) is 32.9 Å². The van der Waals surface area contributed by atoms with Gasteiger partial charge in [-0.3, -0.25) is 0 Å². The van der Waals surface area contributed by atoms with E-state index < -0.39 is 35.2 Å². The molecule has 4 aromatic carbocycles. The number of benzene rings is 4. The first kappa shape index (κ1) is 30.8. The van der Waals surface area contributed by atoms with Gasteiger partial charge in [-0.15, -0.1) is 0 Å². The fourth-order valence-corrected chi connectivity index (χ4v) is 7.34. The molecule has 7 rings (SSSR count). The minimum atomic E-state index is -1.18. The van der Waals surface area contributed by atoms with Crippen molar-refractivity contribution in [2.24, 2.45) is 0 Å². The second-order valence-corrected chi connectivity index (χ2v) is 12.5. The molecule has 0 amide bonds. The van der Waals surface area contributed by atoms with Gasteiger partial charge in [-0.25, -0.2) is 9.59 Å². The van der Waals surface area contributed by atoms with Gasteiger partial charge < -0.3 is 14.2 Å². The third-order valence-electron chi connectivity index (χ3n) is 9.83. The maximum absolute atomic E-state index is 13.9. The highest BCUT2D eigenvalue weighted by atomic mass is 16.6. The Bertz CT molecular complexity index is 1620. The van der Waals surface area contributed by atoms with Gasteiger partial charge in [0.2, 0.25) is 0 Å². The van der Waals surface area contributed by atoms with E-state index in [4.69, 9.17) is 14.2 Å². The van der Waals surface area contributed by atoms with Gasteiger partial charge in [0, 0.05) is 7.11 Å². The van der Waals surface area contributed by atoms with Crippen molar-refractivity contribution in [3.05, 3.63) is 142 Å². The summed E-state index contributed by atoms with van der Waals surface area (Å²) >= 11 is 0. The van der Waals surface area contributed by atoms with Gasteiger partial charge in [-0.1, -0.05) is 99.5 Å². The van der Waals surface area contributed by atoms with Crippen LogP contribution in [0.5, 0.6) is 0 Å². The molecular weight excluding hydrogens is 560 g/mol. The van der Waals surface area contributed by atoms with Crippen LogP contribution < -0.4 is 0 Å². The first-order valence-corrected chi connectivity index (χ1v) is 16.2. The predicted octanol–water partition coefficient (Wildman–Crippen LogP) is 8.35. The fourth-order valence-electron chi connectivity index (χ4n) is 7.34. The van der Waals surface area contributed by atoms with E-state index in [1.165, 1.54) is 11.1 Å². The van der Waals surface area contributed by atoms with Crippen LogP contribution in [0.3, 0.4) is 0 Å². The quantitative estimate of drug-likeness (QED) is 0.162. The molecule has 0 saturated carbocycles. The molecule has 0 aliphatic heterocycles. The molecule has 4 aromatic rings. The second-order valence-electron chi connectivity index (χ2n) is 12.5. The van der Waals surface area contributed by atoms with Crippen LogP contribution in [0.1, 0.15) is 101 Å². The van der Waals surface area contributed by atoms with Gasteiger partial charge in [-0.05, 0) is 90.3 Å². The molecule has 0 heterocycles. The summed E-state index contributed by atoms with van der Waals surface area (Å²) in [6.45, 7) is 6.41. The number of methoxy groups -OCH3 is 1. The third-order valence-corrected chi connectivity index (χ3v) is 9.83. The second kappa shape index (κ2) is 12.6. The molecule has 2 atom stereocenters. The Hall–Kier alpha value is -4.22. The van der Waals surface area contributed by atoms with Crippen LogP contribution in [0.2, 0.25) is 0 Å². The third kappa shape index (κ3) is 5.17. The van der Waals surface area contributed by atoms with Crippen LogP contribution >= 0.6 is 0 Å². The number of esters is 2. The number of rotatable bonds is 11. The van der Waals surface area contributed by atoms with Crippen molar-refractivity contribution in [2.45, 2.75) is 82.5 Å². The molecule has 0 aromatic heterocycles. The molecule has 5 nitrogen and oxygen atoms in total. The molecule has 3 aliphatic carbocycles. The zero-order valence-electron chi connectivity index (χ0n) is 26.7. The zero-order valence-corrected chi connectivity index (χ0v) is 26.7. The van der Waals surface area contributed by atoms with Gasteiger partial charge in [0.25, 0.3) is 0 Å². The molecule has 3 aliphatic rings. The minimum absolute atomic E-state index is 0.447. The number of carbonyl (C=O) groups is 2. The van der Waals surface area contributed by atoms with E-state index in [0.717, 1.165) is 60.8 Å². The number of hydrogen-bond acceptors (Lipinski definition) is 5. The highest BCUT2D eigenvalue weighted by Gasteiger charge is 2.68. The van der Waals surface area contributed by atoms with E-state index in [1.807, 2.05) is 84.9 Å². The van der Waals surface area contributed by atoms with E-state index in [9.17, 15) is 9.59 Å². The lowest BCUT2D eigenvalue weighted by molar-refractivity contribution is -0.167. The fraction of sp³-hybridized carbons (Fsp3) is 0.350. The molecule has 0 N–H and O–H groups in total. The molecule has 0 fully saturated rings. The van der Waals surface area contributed by atoms with Gasteiger partial charge in [-0.2, -0.15) is 0 Å². The SMILES string of the molecule is CCCCc1ccc(C(=O)O[C@@H]2[C@H](OC(=O)c3ccc(CCCC)cc3)[C@]3(OC)c4ccccc4[C@@]2(C)c2ccccc23)cc1. The predicted molar refractivity (Wildman–Crippen MR) is 176 cm³/mol. The smallest absolute Gasteiger partial charge is 0.338 e. The van der Waals surface area contributed by atoms with Crippen LogP contribution in [0.25, 0.3) is 0 Å². The van der Waals surface area contributed by atoms with Crippen molar-refractivity contribution >= 4 is 11.9 Å². The average molecular weight is 603 g/mol. The Morgan fingerprint density at radius 1 is 0.600 bits per heavy atom. The van der Waals surface area contributed by atoms with Gasteiger partial charge in [0.05, 0.1) is 16.5 Å². The number of ether oxygens (including phenoxy) is 3. The normalized spacial score (nSPS) is 22.8. The number of unbranched alkanes of at least 4 members (excludes halogenated alkanes) is 2. The number of aryl methyl sites for hydroxylation is 2. The van der Waals surface area contributed by atoms with Crippen LogP contribution in [0.4, 0.5) is 0 Å². The summed E-state index contributed by atoms with van der Waals surface area (Å²) in [4.78, 5) is 27.8. The first-order chi connectivity index (χ1) is 21.9. The lowest BCUT2D eigenvalue weighted by Gasteiger charge is -2.59. The molecule has 232 valence electrons. The zero-order chi connectivity index (χ0) is 31.6. The molecule has 45 heavy (non-hydrogen) atoms. The maximum atomic E-state index is 13.9. The summed E-state index contributed by atoms with van der Waals surface area (Å²) < 4.78 is 19.4. The van der Waals surface area contributed by atoms with Crippen molar-refractivity contribution < 1.29 is 23.8 Å². The summed E-state index contributed by atoms with van der Waals surface area (Å²) in [5, 5.41) is 0. The highest BCUT2D eigenvalue weighted by molar-refractivity contribution is 5.91. The molecule has 5 heteroatoms. The molecule has 0 unspecified atom stereocenters. The van der Waals surface area contributed by atoms with E-state index >= 15 is 0 Å². The van der Waals surface area contributed by atoms with Crippen LogP contribution in [0, 0.1) is 0 Å². The van der Waals surface area contributed by atoms with Crippen LogP contribution in [0.15, 0.2) is 97.1 Å². The summed E-state index contributed by atoms with van der Waals surface area (Å²) in [6, 6.07) is 31.4. The monoisotopic (exact) mass is 602 g/mol. The topological polar surface area (TPSA) is 61.8 Å². The summed E-state index contributed by atoms with van der Waals surface area (Å²) in [7, 11) is 1.64. The minimum Gasteiger partial charge on any atom is -0.453 e. The van der Waals surface area contributed by atoms with Crippen molar-refractivity contribution in [1.82, 2.24) is 0 Å². The van der Waals surface area contributed by atoms with Crippen molar-refractivity contribution in [3.8, 4) is 0 Å². The van der Waals surface area contributed by atoms with Gasteiger partial charge in [0.1, 0.15) is 0 Å². The van der Waals surface area contributed by atoms with Crippen LogP contribution in [-0.2, 0) is 38.1 Å². The number of hydrogen-bond donors (Lipinski definition) is 0. The van der Waals surface area contributed by atoms with Crippen molar-refractivity contribution in [1.29, 1.82) is 0 Å². The number of fused-ring (bicyclic) bond motifs is 1. The van der Waals surface area contributed by atoms with E-state index in [-0.39, 0.29) is 0 Å². The summed E-state index contributed by atoms with van der Waals surface area (Å²) in [6.07, 6.45) is 4.52. The Morgan fingerprint density at radius 3 is 1.40 bits per heavy atom. The maximum Gasteiger partial charge on any atom is 0.338 e. The van der Waals surface area contributed by atoms with Crippen LogP contribution in [-0.4, -0.2) is 31.3 Å². The largest absolute Gasteiger partial charge is 0.453 e. The highest BCUT2D eigenvalue weighted by Crippen LogP contribution is 2.61. The number of carbonyl (C=O) groups excluding carboxylic acids is 2.